The second kappa shape index (κ2) is 10.4. The van der Waals surface area contributed by atoms with E-state index in [9.17, 15) is 4.79 Å². The summed E-state index contributed by atoms with van der Waals surface area (Å²) in [4.78, 5) is 11.0. The molecule has 2 nitrogen and oxygen atoms in total. The van der Waals surface area contributed by atoms with Crippen molar-refractivity contribution in [3.63, 3.8) is 0 Å². The van der Waals surface area contributed by atoms with Crippen LogP contribution in [0.25, 0.3) is 0 Å². The van der Waals surface area contributed by atoms with Gasteiger partial charge in [-0.25, -0.2) is 0 Å². The Hall–Kier alpha value is -1.93. The third-order valence-corrected chi connectivity index (χ3v) is 6.22. The molecule has 1 N–H and O–H groups in total. The minimum absolute atomic E-state index is 0.437. The molecule has 0 saturated heterocycles. The number of carbonyl (C=O) groups excluding carboxylic acids is 1. The fourth-order valence-corrected chi connectivity index (χ4v) is 4.44. The molecule has 2 aromatic rings. The Labute approximate surface area is 164 Å². The normalized spacial score (nSPS) is 23.4. The summed E-state index contributed by atoms with van der Waals surface area (Å²) in [5.41, 5.74) is 2.93. The van der Waals surface area contributed by atoms with Gasteiger partial charge in [-0.3, -0.25) is 4.79 Å². The molecule has 0 unspecified atom stereocenters. The van der Waals surface area contributed by atoms with E-state index in [4.69, 9.17) is 0 Å². The van der Waals surface area contributed by atoms with Crippen molar-refractivity contribution < 1.29 is 4.79 Å². The fraction of sp³-hybridized carbons (Fsp3) is 0.480. The van der Waals surface area contributed by atoms with E-state index < -0.39 is 0 Å². The van der Waals surface area contributed by atoms with Crippen molar-refractivity contribution in [2.75, 3.05) is 7.05 Å². The highest BCUT2D eigenvalue weighted by molar-refractivity contribution is 5.79. The van der Waals surface area contributed by atoms with Crippen LogP contribution < -0.4 is 5.32 Å². The van der Waals surface area contributed by atoms with Crippen LogP contribution in [0.2, 0.25) is 0 Å². The summed E-state index contributed by atoms with van der Waals surface area (Å²) in [5.74, 6) is 1.87. The molecule has 4 rings (SSSR count). The summed E-state index contributed by atoms with van der Waals surface area (Å²) in [6.45, 7) is 0. The molecule has 2 fully saturated rings. The van der Waals surface area contributed by atoms with Crippen molar-refractivity contribution in [3.8, 4) is 0 Å². The van der Waals surface area contributed by atoms with Gasteiger partial charge in [0.25, 0.3) is 0 Å². The minimum Gasteiger partial charge on any atom is -0.317 e. The van der Waals surface area contributed by atoms with Crippen molar-refractivity contribution in [1.82, 2.24) is 5.32 Å². The van der Waals surface area contributed by atoms with Crippen molar-refractivity contribution in [1.29, 1.82) is 0 Å². The summed E-state index contributed by atoms with van der Waals surface area (Å²) >= 11 is 0. The topological polar surface area (TPSA) is 29.1 Å². The Balaban J connectivity index is 0.000000156. The lowest BCUT2D eigenvalue weighted by Gasteiger charge is -2.28. The predicted octanol–water partition coefficient (Wildman–Crippen LogP) is 5.85. The number of hydrogen-bond donors (Lipinski definition) is 1. The Kier molecular flexibility index (Phi) is 7.65. The second-order valence-electron chi connectivity index (χ2n) is 7.97. The van der Waals surface area contributed by atoms with Crippen molar-refractivity contribution in [2.45, 2.75) is 69.2 Å². The highest BCUT2D eigenvalue weighted by Crippen LogP contribution is 2.32. The lowest BCUT2D eigenvalue weighted by Crippen LogP contribution is -2.29. The molecule has 2 heteroatoms. The van der Waals surface area contributed by atoms with E-state index in [1.807, 2.05) is 6.07 Å². The zero-order valence-electron chi connectivity index (χ0n) is 16.6. The van der Waals surface area contributed by atoms with Crippen molar-refractivity contribution >= 4 is 5.78 Å². The molecule has 0 aliphatic heterocycles. The molecule has 27 heavy (non-hydrogen) atoms. The average Bonchev–Trinajstić information content (AvgIpc) is 2.76. The lowest BCUT2D eigenvalue weighted by molar-refractivity contribution is -0.120. The number of rotatable bonds is 3. The summed E-state index contributed by atoms with van der Waals surface area (Å²) < 4.78 is 0. The number of nitrogens with one attached hydrogen (secondary N) is 1. The molecule has 0 atom stereocenters. The Morgan fingerprint density at radius 2 is 1.11 bits per heavy atom. The summed E-state index contributed by atoms with van der Waals surface area (Å²) in [6, 6.07) is 22.2. The molecule has 0 radical (unpaired) electrons. The van der Waals surface area contributed by atoms with Crippen molar-refractivity contribution in [2.24, 2.45) is 0 Å². The number of ketones is 1. The third-order valence-electron chi connectivity index (χ3n) is 6.22. The summed E-state index contributed by atoms with van der Waals surface area (Å²) in [7, 11) is 2.08. The predicted molar refractivity (Wildman–Crippen MR) is 113 cm³/mol. The minimum atomic E-state index is 0.437. The molecule has 2 aromatic carbocycles. The molecule has 0 spiro atoms. The van der Waals surface area contributed by atoms with E-state index in [-0.39, 0.29) is 0 Å². The average molecular weight is 364 g/mol. The van der Waals surface area contributed by atoms with Crippen molar-refractivity contribution in [3.05, 3.63) is 71.8 Å². The number of Topliss-reactive ketones (excluding diaryl/α,β-unsaturated/α-hetero) is 1. The van der Waals surface area contributed by atoms with E-state index >= 15 is 0 Å². The second-order valence-corrected chi connectivity index (χ2v) is 7.97. The van der Waals surface area contributed by atoms with Gasteiger partial charge in [0.15, 0.2) is 0 Å². The van der Waals surface area contributed by atoms with E-state index in [2.05, 4.69) is 67.0 Å². The first kappa shape index (κ1) is 19.8. The molecular weight excluding hydrogens is 330 g/mol. The van der Waals surface area contributed by atoms with Gasteiger partial charge in [0, 0.05) is 18.9 Å². The van der Waals surface area contributed by atoms with Gasteiger partial charge in [0.1, 0.15) is 5.78 Å². The Morgan fingerprint density at radius 1 is 0.667 bits per heavy atom. The highest BCUT2D eigenvalue weighted by atomic mass is 16.1. The molecule has 2 aliphatic carbocycles. The highest BCUT2D eigenvalue weighted by Gasteiger charge is 2.21. The molecule has 2 aliphatic rings. The standard InChI is InChI=1S/C13H19N.C12H14O/c1-14-13-9-7-12(8-10-13)11-5-3-2-4-6-11;13-12-8-6-11(7-9-12)10-4-2-1-3-5-10/h2-6,12-14H,7-10H2,1H3;1-5,11H,6-9H2. The first-order chi connectivity index (χ1) is 13.3. The van der Waals surface area contributed by atoms with Crippen LogP contribution in [-0.2, 0) is 4.79 Å². The molecule has 2 saturated carbocycles. The molecule has 144 valence electrons. The van der Waals surface area contributed by atoms with Gasteiger partial charge >= 0.3 is 0 Å². The fourth-order valence-electron chi connectivity index (χ4n) is 4.44. The molecule has 0 aromatic heterocycles. The van der Waals surface area contributed by atoms with Crippen LogP contribution in [0.15, 0.2) is 60.7 Å². The van der Waals surface area contributed by atoms with Crippen LogP contribution in [0.1, 0.15) is 74.3 Å². The maximum Gasteiger partial charge on any atom is 0.132 e. The van der Waals surface area contributed by atoms with Gasteiger partial charge in [-0.05, 0) is 68.5 Å². The number of hydrogen-bond acceptors (Lipinski definition) is 2. The summed E-state index contributed by atoms with van der Waals surface area (Å²) in [5, 5.41) is 3.38. The van der Waals surface area contributed by atoms with E-state index in [1.165, 1.54) is 36.8 Å². The van der Waals surface area contributed by atoms with Crippen LogP contribution in [-0.4, -0.2) is 18.9 Å². The first-order valence-corrected chi connectivity index (χ1v) is 10.5. The molecule has 0 amide bonds. The number of carbonyl (C=O) groups is 1. The lowest BCUT2D eigenvalue weighted by atomic mass is 9.82. The third kappa shape index (κ3) is 6.04. The van der Waals surface area contributed by atoms with Gasteiger partial charge in [-0.15, -0.1) is 0 Å². The van der Waals surface area contributed by atoms with Crippen LogP contribution in [0.4, 0.5) is 0 Å². The molecular formula is C25H33NO. The van der Waals surface area contributed by atoms with Gasteiger partial charge in [-0.2, -0.15) is 0 Å². The zero-order chi connectivity index (χ0) is 18.9. The Bertz CT molecular complexity index is 664. The first-order valence-electron chi connectivity index (χ1n) is 10.5. The smallest absolute Gasteiger partial charge is 0.132 e. The van der Waals surface area contributed by atoms with Gasteiger partial charge in [-0.1, -0.05) is 60.7 Å². The summed E-state index contributed by atoms with van der Waals surface area (Å²) in [6.07, 6.45) is 8.99. The largest absolute Gasteiger partial charge is 0.317 e. The van der Waals surface area contributed by atoms with Gasteiger partial charge in [0.05, 0.1) is 0 Å². The van der Waals surface area contributed by atoms with E-state index in [0.29, 0.717) is 11.7 Å². The van der Waals surface area contributed by atoms with E-state index in [0.717, 1.165) is 37.6 Å². The SMILES string of the molecule is CNC1CCC(c2ccccc2)CC1.O=C1CCC(c2ccccc2)CC1. The van der Waals surface area contributed by atoms with Gasteiger partial charge < -0.3 is 5.32 Å². The van der Waals surface area contributed by atoms with Crippen LogP contribution in [0, 0.1) is 0 Å². The van der Waals surface area contributed by atoms with Crippen LogP contribution >= 0.6 is 0 Å². The number of benzene rings is 2. The molecule has 0 bridgehead atoms. The maximum atomic E-state index is 11.0. The quantitative estimate of drug-likeness (QED) is 0.741. The Morgan fingerprint density at radius 3 is 1.56 bits per heavy atom. The van der Waals surface area contributed by atoms with Gasteiger partial charge in [0.2, 0.25) is 0 Å². The van der Waals surface area contributed by atoms with E-state index in [1.54, 1.807) is 0 Å². The zero-order valence-corrected chi connectivity index (χ0v) is 16.6. The monoisotopic (exact) mass is 363 g/mol. The molecule has 0 heterocycles. The van der Waals surface area contributed by atoms with Crippen LogP contribution in [0.3, 0.4) is 0 Å². The van der Waals surface area contributed by atoms with Crippen LogP contribution in [0.5, 0.6) is 0 Å². The maximum absolute atomic E-state index is 11.0.